The molecular weight excluding hydrogens is 404 g/mol. The van der Waals surface area contributed by atoms with Gasteiger partial charge in [0.15, 0.2) is 11.9 Å². The third kappa shape index (κ3) is 3.63. The molecule has 4 heterocycles. The summed E-state index contributed by atoms with van der Waals surface area (Å²) in [5, 5.41) is 14.6. The number of β-amino-alcohol motifs (C(OH)–C–C–N with tert-alkyl or cyclic N) is 1. The number of fused-ring (bicyclic) bond motifs is 2. The van der Waals surface area contributed by atoms with Gasteiger partial charge in [-0.1, -0.05) is 36.4 Å². The third-order valence-corrected chi connectivity index (χ3v) is 5.86. The molecule has 0 amide bonds. The van der Waals surface area contributed by atoms with Crippen molar-refractivity contribution in [2.45, 2.75) is 25.5 Å². The number of aldehydes is 1. The molecule has 0 saturated heterocycles. The summed E-state index contributed by atoms with van der Waals surface area (Å²) < 4.78 is 1.68. The van der Waals surface area contributed by atoms with Crippen LogP contribution in [-0.4, -0.2) is 54.6 Å². The van der Waals surface area contributed by atoms with E-state index in [1.807, 2.05) is 53.6 Å². The molecule has 1 aliphatic heterocycles. The maximum Gasteiger partial charge on any atom is 0.165 e. The standard InChI is InChI=1S/C24H24N6O2/c1-24(32,15-31)14-29-10-9-18-21(13-29)28-23-19(12-27-30(23)22(18)25)17-7-8-20(26-11-17)16-5-3-2-4-6-16/h2-8,11-12,15,32H,9-10,13-14,25H2,1H3. The predicted octanol–water partition coefficient (Wildman–Crippen LogP) is 2.35. The Hall–Kier alpha value is -3.62. The molecule has 1 aromatic carbocycles. The van der Waals surface area contributed by atoms with Crippen LogP contribution in [0.1, 0.15) is 18.2 Å². The highest BCUT2D eigenvalue weighted by Gasteiger charge is 2.28. The number of aromatic nitrogens is 4. The van der Waals surface area contributed by atoms with Crippen molar-refractivity contribution < 1.29 is 9.90 Å². The first-order chi connectivity index (χ1) is 15.4. The topological polar surface area (TPSA) is 110 Å². The Kier molecular flexibility index (Phi) is 4.96. The summed E-state index contributed by atoms with van der Waals surface area (Å²) in [6.45, 7) is 2.96. The number of rotatable bonds is 5. The van der Waals surface area contributed by atoms with E-state index in [2.05, 4.69) is 10.1 Å². The summed E-state index contributed by atoms with van der Waals surface area (Å²) in [5.74, 6) is 0.576. The van der Waals surface area contributed by atoms with Crippen LogP contribution in [-0.2, 0) is 17.8 Å². The molecular formula is C24H24N6O2. The lowest BCUT2D eigenvalue weighted by Gasteiger charge is -2.32. The summed E-state index contributed by atoms with van der Waals surface area (Å²) in [6, 6.07) is 14.0. The van der Waals surface area contributed by atoms with E-state index in [9.17, 15) is 9.90 Å². The van der Waals surface area contributed by atoms with Crippen LogP contribution in [0.25, 0.3) is 28.0 Å². The normalized spacial score (nSPS) is 15.9. The quantitative estimate of drug-likeness (QED) is 0.470. The average Bonchev–Trinajstić information content (AvgIpc) is 3.24. The van der Waals surface area contributed by atoms with E-state index in [-0.39, 0.29) is 6.54 Å². The van der Waals surface area contributed by atoms with Gasteiger partial charge in [0.05, 0.1) is 17.6 Å². The van der Waals surface area contributed by atoms with Crippen LogP contribution in [0.2, 0.25) is 0 Å². The lowest BCUT2D eigenvalue weighted by molar-refractivity contribution is -0.124. The third-order valence-electron chi connectivity index (χ3n) is 5.86. The SMILES string of the molecule is CC(O)(C=O)CN1CCc2c(nc3c(-c4ccc(-c5ccccc5)nc4)cnn3c2N)C1. The fraction of sp³-hybridized carbons (Fsp3) is 0.250. The van der Waals surface area contributed by atoms with Gasteiger partial charge in [-0.05, 0) is 19.4 Å². The molecule has 0 fully saturated rings. The minimum absolute atomic E-state index is 0.250. The zero-order valence-electron chi connectivity index (χ0n) is 17.8. The van der Waals surface area contributed by atoms with Gasteiger partial charge in [-0.2, -0.15) is 9.61 Å². The number of nitrogen functional groups attached to an aromatic ring is 1. The van der Waals surface area contributed by atoms with Gasteiger partial charge < -0.3 is 15.6 Å². The Balaban J connectivity index is 1.50. The highest BCUT2D eigenvalue weighted by Crippen LogP contribution is 2.30. The Labute approximate surface area is 185 Å². The summed E-state index contributed by atoms with van der Waals surface area (Å²) >= 11 is 0. The van der Waals surface area contributed by atoms with Crippen LogP contribution in [0.3, 0.4) is 0 Å². The van der Waals surface area contributed by atoms with Crippen molar-refractivity contribution in [3.05, 3.63) is 66.1 Å². The molecule has 8 heteroatoms. The smallest absolute Gasteiger partial charge is 0.165 e. The largest absolute Gasteiger partial charge is 0.383 e. The van der Waals surface area contributed by atoms with Gasteiger partial charge in [0.1, 0.15) is 11.4 Å². The van der Waals surface area contributed by atoms with Crippen LogP contribution >= 0.6 is 0 Å². The number of nitrogens with zero attached hydrogens (tertiary/aromatic N) is 5. The molecule has 3 aromatic heterocycles. The van der Waals surface area contributed by atoms with Crippen molar-refractivity contribution in [2.75, 3.05) is 18.8 Å². The van der Waals surface area contributed by atoms with Crippen molar-refractivity contribution >= 4 is 17.8 Å². The van der Waals surface area contributed by atoms with Gasteiger partial charge in [-0.15, -0.1) is 0 Å². The number of benzene rings is 1. The second kappa shape index (κ2) is 7.81. The molecule has 32 heavy (non-hydrogen) atoms. The highest BCUT2D eigenvalue weighted by atomic mass is 16.3. The molecule has 1 atom stereocenters. The minimum Gasteiger partial charge on any atom is -0.383 e. The number of aliphatic hydroxyl groups is 1. The molecule has 0 spiro atoms. The molecule has 1 unspecified atom stereocenters. The Morgan fingerprint density at radius 3 is 2.69 bits per heavy atom. The first kappa shape index (κ1) is 20.3. The molecule has 0 saturated carbocycles. The zero-order valence-corrected chi connectivity index (χ0v) is 17.8. The number of carbonyl (C=O) groups is 1. The maximum absolute atomic E-state index is 11.1. The van der Waals surface area contributed by atoms with Crippen LogP contribution in [0.4, 0.5) is 5.82 Å². The summed E-state index contributed by atoms with van der Waals surface area (Å²) in [7, 11) is 0. The molecule has 3 N–H and O–H groups in total. The van der Waals surface area contributed by atoms with E-state index in [1.54, 1.807) is 10.7 Å². The van der Waals surface area contributed by atoms with E-state index in [0.717, 1.165) is 33.6 Å². The predicted molar refractivity (Wildman–Crippen MR) is 122 cm³/mol. The minimum atomic E-state index is -1.39. The fourth-order valence-electron chi connectivity index (χ4n) is 4.22. The maximum atomic E-state index is 11.1. The van der Waals surface area contributed by atoms with Gasteiger partial charge in [0.25, 0.3) is 0 Å². The van der Waals surface area contributed by atoms with E-state index < -0.39 is 5.60 Å². The number of carbonyl (C=O) groups excluding carboxylic acids is 1. The monoisotopic (exact) mass is 428 g/mol. The van der Waals surface area contributed by atoms with Gasteiger partial charge >= 0.3 is 0 Å². The van der Waals surface area contributed by atoms with Gasteiger partial charge in [-0.3, -0.25) is 9.88 Å². The van der Waals surface area contributed by atoms with Crippen LogP contribution < -0.4 is 5.73 Å². The molecule has 5 rings (SSSR count). The van der Waals surface area contributed by atoms with Crippen molar-refractivity contribution in [2.24, 2.45) is 0 Å². The van der Waals surface area contributed by atoms with E-state index in [0.29, 0.717) is 37.3 Å². The number of hydrogen-bond donors (Lipinski definition) is 2. The Morgan fingerprint density at radius 1 is 1.16 bits per heavy atom. The van der Waals surface area contributed by atoms with Gasteiger partial charge in [0.2, 0.25) is 0 Å². The van der Waals surface area contributed by atoms with Crippen LogP contribution in [0.15, 0.2) is 54.9 Å². The van der Waals surface area contributed by atoms with Crippen molar-refractivity contribution in [3.63, 3.8) is 0 Å². The number of pyridine rings is 1. The van der Waals surface area contributed by atoms with E-state index in [4.69, 9.17) is 10.7 Å². The molecule has 162 valence electrons. The number of anilines is 1. The molecule has 0 aliphatic carbocycles. The molecule has 4 aromatic rings. The highest BCUT2D eigenvalue weighted by molar-refractivity contribution is 5.79. The van der Waals surface area contributed by atoms with E-state index in [1.165, 1.54) is 6.92 Å². The van der Waals surface area contributed by atoms with Crippen LogP contribution in [0.5, 0.6) is 0 Å². The average molecular weight is 428 g/mol. The Morgan fingerprint density at radius 2 is 1.97 bits per heavy atom. The second-order valence-corrected chi connectivity index (χ2v) is 8.45. The van der Waals surface area contributed by atoms with Gasteiger partial charge in [0, 0.05) is 48.1 Å². The number of hydrogen-bond acceptors (Lipinski definition) is 7. The second-order valence-electron chi connectivity index (χ2n) is 8.45. The van der Waals surface area contributed by atoms with E-state index >= 15 is 0 Å². The van der Waals surface area contributed by atoms with Gasteiger partial charge in [-0.25, -0.2) is 4.98 Å². The lowest BCUT2D eigenvalue weighted by atomic mass is 10.0. The number of nitrogens with two attached hydrogens (primary N) is 1. The van der Waals surface area contributed by atoms with Crippen molar-refractivity contribution in [3.8, 4) is 22.4 Å². The first-order valence-electron chi connectivity index (χ1n) is 10.5. The first-order valence-corrected chi connectivity index (χ1v) is 10.5. The summed E-state index contributed by atoms with van der Waals surface area (Å²) in [4.78, 5) is 22.6. The summed E-state index contributed by atoms with van der Waals surface area (Å²) in [6.07, 6.45) is 4.85. The van der Waals surface area contributed by atoms with Crippen molar-refractivity contribution in [1.82, 2.24) is 24.5 Å². The molecule has 0 bridgehead atoms. The molecule has 0 radical (unpaired) electrons. The van der Waals surface area contributed by atoms with Crippen LogP contribution in [0, 0.1) is 0 Å². The summed E-state index contributed by atoms with van der Waals surface area (Å²) in [5.41, 5.74) is 11.2. The Bertz CT molecular complexity index is 1280. The zero-order chi connectivity index (χ0) is 22.3. The molecule has 8 nitrogen and oxygen atoms in total. The lowest BCUT2D eigenvalue weighted by Crippen LogP contribution is -2.44. The molecule has 1 aliphatic rings. The fourth-order valence-corrected chi connectivity index (χ4v) is 4.22. The van der Waals surface area contributed by atoms with Crippen molar-refractivity contribution in [1.29, 1.82) is 0 Å².